The molecule has 1 N–H and O–H groups in total. The van der Waals surface area contributed by atoms with Crippen molar-refractivity contribution in [2.24, 2.45) is 5.92 Å². The number of carbonyl (C=O) groups is 1. The van der Waals surface area contributed by atoms with Gasteiger partial charge in [-0.2, -0.15) is 0 Å². The SMILES string of the molecule is C=CCC(CC=C)C(=O)N1CCNCC1c1ccc(CC)cc1.Cl. The van der Waals surface area contributed by atoms with Crippen LogP contribution in [0.25, 0.3) is 0 Å². The summed E-state index contributed by atoms with van der Waals surface area (Å²) in [6, 6.07) is 8.76. The van der Waals surface area contributed by atoms with E-state index in [0.29, 0.717) is 12.8 Å². The van der Waals surface area contributed by atoms with Crippen LogP contribution in [0.5, 0.6) is 0 Å². The molecule has 0 aromatic heterocycles. The number of amides is 1. The fraction of sp³-hybridized carbons (Fsp3) is 0.450. The zero-order valence-corrected chi connectivity index (χ0v) is 15.4. The molecule has 1 unspecified atom stereocenters. The molecule has 1 saturated heterocycles. The lowest BCUT2D eigenvalue weighted by Gasteiger charge is -2.38. The lowest BCUT2D eigenvalue weighted by atomic mass is 9.95. The molecule has 1 amide bonds. The first-order valence-electron chi connectivity index (χ1n) is 8.53. The third-order valence-corrected chi connectivity index (χ3v) is 4.55. The van der Waals surface area contributed by atoms with Crippen LogP contribution >= 0.6 is 12.4 Å². The van der Waals surface area contributed by atoms with E-state index in [4.69, 9.17) is 0 Å². The van der Waals surface area contributed by atoms with Gasteiger partial charge in [0.15, 0.2) is 0 Å². The Kier molecular flexibility index (Phi) is 8.80. The van der Waals surface area contributed by atoms with Gasteiger partial charge in [-0.1, -0.05) is 43.3 Å². The third kappa shape index (κ3) is 4.96. The van der Waals surface area contributed by atoms with Gasteiger partial charge in [-0.25, -0.2) is 0 Å². The molecule has 1 atom stereocenters. The number of nitrogens with zero attached hydrogens (tertiary/aromatic N) is 1. The van der Waals surface area contributed by atoms with Crippen LogP contribution in [-0.4, -0.2) is 30.4 Å². The van der Waals surface area contributed by atoms with Crippen molar-refractivity contribution in [3.8, 4) is 0 Å². The van der Waals surface area contributed by atoms with Gasteiger partial charge >= 0.3 is 0 Å². The van der Waals surface area contributed by atoms with E-state index in [2.05, 4.69) is 49.7 Å². The molecule has 1 aromatic carbocycles. The number of aryl methyl sites for hydroxylation is 1. The molecule has 0 saturated carbocycles. The van der Waals surface area contributed by atoms with Crippen LogP contribution in [0.2, 0.25) is 0 Å². The second-order valence-electron chi connectivity index (χ2n) is 6.09. The Balaban J connectivity index is 0.00000288. The van der Waals surface area contributed by atoms with Gasteiger partial charge in [-0.3, -0.25) is 4.79 Å². The number of hydrogen-bond donors (Lipinski definition) is 1. The van der Waals surface area contributed by atoms with Crippen molar-refractivity contribution in [2.75, 3.05) is 19.6 Å². The second-order valence-corrected chi connectivity index (χ2v) is 6.09. The highest BCUT2D eigenvalue weighted by Gasteiger charge is 2.31. The van der Waals surface area contributed by atoms with Crippen LogP contribution in [0.4, 0.5) is 0 Å². The Morgan fingerprint density at radius 2 is 1.92 bits per heavy atom. The molecule has 0 aliphatic carbocycles. The van der Waals surface area contributed by atoms with Gasteiger partial charge in [-0.05, 0) is 30.4 Å². The fourth-order valence-electron chi connectivity index (χ4n) is 3.18. The summed E-state index contributed by atoms with van der Waals surface area (Å²) in [6.45, 7) is 12.2. The maximum Gasteiger partial charge on any atom is 0.226 e. The number of nitrogens with one attached hydrogen (secondary N) is 1. The number of piperazine rings is 1. The first-order chi connectivity index (χ1) is 11.2. The average molecular weight is 349 g/mol. The van der Waals surface area contributed by atoms with E-state index in [-0.39, 0.29) is 30.3 Å². The number of carbonyl (C=O) groups excluding carboxylic acids is 1. The number of hydrogen-bond acceptors (Lipinski definition) is 2. The van der Waals surface area contributed by atoms with E-state index < -0.39 is 0 Å². The van der Waals surface area contributed by atoms with Crippen molar-refractivity contribution in [3.63, 3.8) is 0 Å². The summed E-state index contributed by atoms with van der Waals surface area (Å²) in [5, 5.41) is 3.42. The maximum atomic E-state index is 13.0. The van der Waals surface area contributed by atoms with E-state index in [1.54, 1.807) is 0 Å². The fourth-order valence-corrected chi connectivity index (χ4v) is 3.18. The molecule has 1 aliphatic rings. The summed E-state index contributed by atoms with van der Waals surface area (Å²) in [5.74, 6) is 0.177. The molecule has 3 nitrogen and oxygen atoms in total. The largest absolute Gasteiger partial charge is 0.333 e. The van der Waals surface area contributed by atoms with Crippen molar-refractivity contribution in [1.82, 2.24) is 10.2 Å². The van der Waals surface area contributed by atoms with Crippen LogP contribution in [0.3, 0.4) is 0 Å². The molecular formula is C20H29ClN2O. The molecular weight excluding hydrogens is 320 g/mol. The molecule has 2 rings (SSSR count). The van der Waals surface area contributed by atoms with Crippen LogP contribution < -0.4 is 5.32 Å². The Morgan fingerprint density at radius 3 is 2.46 bits per heavy atom. The van der Waals surface area contributed by atoms with Crippen LogP contribution in [0, 0.1) is 5.92 Å². The van der Waals surface area contributed by atoms with E-state index in [1.807, 2.05) is 17.1 Å². The minimum absolute atomic E-state index is 0. The van der Waals surface area contributed by atoms with Gasteiger partial charge in [0.1, 0.15) is 0 Å². The molecule has 4 heteroatoms. The standard InChI is InChI=1S/C20H28N2O.ClH/c1-4-7-18(8-5-2)20(23)22-14-13-21-15-19(22)17-11-9-16(6-3)10-12-17;/h4-5,9-12,18-19,21H,1-2,6-8,13-15H2,3H3;1H. The predicted molar refractivity (Wildman–Crippen MR) is 104 cm³/mol. The topological polar surface area (TPSA) is 32.3 Å². The molecule has 1 aliphatic heterocycles. The molecule has 0 radical (unpaired) electrons. The summed E-state index contributed by atoms with van der Waals surface area (Å²) in [6.07, 6.45) is 6.11. The van der Waals surface area contributed by atoms with Gasteiger partial charge in [0.05, 0.1) is 6.04 Å². The van der Waals surface area contributed by atoms with Gasteiger partial charge < -0.3 is 10.2 Å². The number of allylic oxidation sites excluding steroid dienone is 2. The molecule has 132 valence electrons. The lowest BCUT2D eigenvalue weighted by molar-refractivity contribution is -0.138. The highest BCUT2D eigenvalue weighted by molar-refractivity contribution is 5.85. The van der Waals surface area contributed by atoms with Gasteiger partial charge in [-0.15, -0.1) is 25.6 Å². The third-order valence-electron chi connectivity index (χ3n) is 4.55. The first-order valence-corrected chi connectivity index (χ1v) is 8.53. The van der Waals surface area contributed by atoms with Crippen molar-refractivity contribution >= 4 is 18.3 Å². The van der Waals surface area contributed by atoms with E-state index >= 15 is 0 Å². The Morgan fingerprint density at radius 1 is 1.29 bits per heavy atom. The van der Waals surface area contributed by atoms with Crippen LogP contribution in [0.1, 0.15) is 36.9 Å². The van der Waals surface area contributed by atoms with E-state index in [9.17, 15) is 4.79 Å². The summed E-state index contributed by atoms with van der Waals surface area (Å²) >= 11 is 0. The summed E-state index contributed by atoms with van der Waals surface area (Å²) < 4.78 is 0. The average Bonchev–Trinajstić information content (AvgIpc) is 2.61. The van der Waals surface area contributed by atoms with Gasteiger partial charge in [0.2, 0.25) is 5.91 Å². The van der Waals surface area contributed by atoms with Crippen molar-refractivity contribution in [3.05, 3.63) is 60.7 Å². The van der Waals surface area contributed by atoms with Crippen LogP contribution in [0.15, 0.2) is 49.6 Å². The first kappa shape index (κ1) is 20.5. The molecule has 1 aromatic rings. The molecule has 24 heavy (non-hydrogen) atoms. The number of benzene rings is 1. The van der Waals surface area contributed by atoms with Crippen molar-refractivity contribution in [2.45, 2.75) is 32.2 Å². The van der Waals surface area contributed by atoms with Crippen molar-refractivity contribution < 1.29 is 4.79 Å². The Hall–Kier alpha value is -1.58. The van der Waals surface area contributed by atoms with Crippen molar-refractivity contribution in [1.29, 1.82) is 0 Å². The smallest absolute Gasteiger partial charge is 0.226 e. The molecule has 0 spiro atoms. The van der Waals surface area contributed by atoms with Gasteiger partial charge in [0.25, 0.3) is 0 Å². The normalized spacial score (nSPS) is 17.2. The monoisotopic (exact) mass is 348 g/mol. The maximum absolute atomic E-state index is 13.0. The Labute approximate surface area is 152 Å². The predicted octanol–water partition coefficient (Wildman–Crippen LogP) is 3.91. The van der Waals surface area contributed by atoms with Crippen LogP contribution in [-0.2, 0) is 11.2 Å². The number of rotatable bonds is 7. The van der Waals surface area contributed by atoms with E-state index in [1.165, 1.54) is 11.1 Å². The molecule has 1 heterocycles. The summed E-state index contributed by atoms with van der Waals surface area (Å²) in [5.41, 5.74) is 2.53. The minimum Gasteiger partial charge on any atom is -0.333 e. The Bertz CT molecular complexity index is 531. The molecule has 1 fully saturated rings. The quantitative estimate of drug-likeness (QED) is 0.758. The summed E-state index contributed by atoms with van der Waals surface area (Å²) in [7, 11) is 0. The van der Waals surface area contributed by atoms with E-state index in [0.717, 1.165) is 26.1 Å². The summed E-state index contributed by atoms with van der Waals surface area (Å²) in [4.78, 5) is 15.0. The molecule has 0 bridgehead atoms. The zero-order chi connectivity index (χ0) is 16.7. The second kappa shape index (κ2) is 10.3. The highest BCUT2D eigenvalue weighted by Crippen LogP contribution is 2.26. The minimum atomic E-state index is -0.0412. The lowest BCUT2D eigenvalue weighted by Crippen LogP contribution is -2.50. The zero-order valence-electron chi connectivity index (χ0n) is 14.5. The highest BCUT2D eigenvalue weighted by atomic mass is 35.5. The number of halogens is 1. The van der Waals surface area contributed by atoms with Gasteiger partial charge in [0, 0.05) is 25.6 Å².